The second-order valence-corrected chi connectivity index (χ2v) is 5.45. The van der Waals surface area contributed by atoms with Crippen LogP contribution in [0.25, 0.3) is 0 Å². The van der Waals surface area contributed by atoms with Crippen LogP contribution < -0.4 is 5.32 Å². The molecule has 2 aromatic heterocycles. The highest BCUT2D eigenvalue weighted by Crippen LogP contribution is 2.26. The number of aromatic nitrogens is 1. The van der Waals surface area contributed by atoms with Crippen molar-refractivity contribution in [3.05, 3.63) is 51.2 Å². The Hall–Kier alpha value is -1.46. The molecule has 6 heteroatoms. The van der Waals surface area contributed by atoms with E-state index in [1.54, 1.807) is 6.07 Å². The van der Waals surface area contributed by atoms with E-state index in [1.165, 1.54) is 23.6 Å². The standard InChI is InChI=1S/C12H10ClFN2OS/c1-7(9-3-4-10(13)18-9)16-12(17)8-2-5-11(14)15-6-8/h2-7H,1H3,(H,16,17). The Bertz CT molecular complexity index is 555. The van der Waals surface area contributed by atoms with E-state index in [2.05, 4.69) is 10.3 Å². The summed E-state index contributed by atoms with van der Waals surface area (Å²) in [5.74, 6) is -0.899. The number of rotatable bonds is 3. The molecule has 0 saturated carbocycles. The van der Waals surface area contributed by atoms with Crippen LogP contribution in [0, 0.1) is 5.95 Å². The van der Waals surface area contributed by atoms with E-state index in [0.29, 0.717) is 9.90 Å². The molecule has 2 aromatic rings. The van der Waals surface area contributed by atoms with Crippen molar-refractivity contribution >= 4 is 28.8 Å². The first-order chi connectivity index (χ1) is 8.56. The molecule has 0 aliphatic carbocycles. The molecule has 1 atom stereocenters. The Kier molecular flexibility index (Phi) is 3.93. The van der Waals surface area contributed by atoms with E-state index in [0.717, 1.165) is 10.9 Å². The summed E-state index contributed by atoms with van der Waals surface area (Å²) in [4.78, 5) is 16.2. The van der Waals surface area contributed by atoms with Crippen LogP contribution in [0.2, 0.25) is 4.34 Å². The van der Waals surface area contributed by atoms with Crippen LogP contribution in [0.1, 0.15) is 28.2 Å². The van der Waals surface area contributed by atoms with Gasteiger partial charge in [-0.05, 0) is 31.2 Å². The Morgan fingerprint density at radius 2 is 2.22 bits per heavy atom. The lowest BCUT2D eigenvalue weighted by molar-refractivity contribution is 0.0940. The van der Waals surface area contributed by atoms with E-state index in [-0.39, 0.29) is 11.9 Å². The number of carbonyl (C=O) groups is 1. The first-order valence-electron chi connectivity index (χ1n) is 5.24. The lowest BCUT2D eigenvalue weighted by atomic mass is 10.2. The fourth-order valence-electron chi connectivity index (χ4n) is 1.42. The van der Waals surface area contributed by atoms with Gasteiger partial charge in [-0.3, -0.25) is 4.79 Å². The summed E-state index contributed by atoms with van der Waals surface area (Å²) in [6, 6.07) is 6.04. The predicted molar refractivity (Wildman–Crippen MR) is 69.4 cm³/mol. The van der Waals surface area contributed by atoms with Crippen LogP contribution >= 0.6 is 22.9 Å². The van der Waals surface area contributed by atoms with Crippen molar-refractivity contribution in [2.45, 2.75) is 13.0 Å². The molecule has 2 heterocycles. The number of halogens is 2. The van der Waals surface area contributed by atoms with E-state index < -0.39 is 5.95 Å². The first-order valence-corrected chi connectivity index (χ1v) is 6.43. The van der Waals surface area contributed by atoms with Gasteiger partial charge in [0, 0.05) is 11.1 Å². The van der Waals surface area contributed by atoms with Crippen LogP contribution in [-0.2, 0) is 0 Å². The normalized spacial score (nSPS) is 12.2. The maximum Gasteiger partial charge on any atom is 0.253 e. The summed E-state index contributed by atoms with van der Waals surface area (Å²) in [5, 5.41) is 2.80. The molecule has 2 rings (SSSR count). The molecular weight excluding hydrogens is 275 g/mol. The number of thiophene rings is 1. The number of hydrogen-bond donors (Lipinski definition) is 1. The molecule has 94 valence electrons. The molecule has 1 N–H and O–H groups in total. The molecule has 0 fully saturated rings. The summed E-state index contributed by atoms with van der Waals surface area (Å²) >= 11 is 7.24. The van der Waals surface area contributed by atoms with Gasteiger partial charge in [0.2, 0.25) is 5.95 Å². The highest BCUT2D eigenvalue weighted by atomic mass is 35.5. The highest BCUT2D eigenvalue weighted by molar-refractivity contribution is 7.16. The fourth-order valence-corrected chi connectivity index (χ4v) is 2.49. The lowest BCUT2D eigenvalue weighted by Gasteiger charge is -2.11. The predicted octanol–water partition coefficient (Wildman–Crippen LogP) is 3.43. The third-order valence-corrected chi connectivity index (χ3v) is 3.77. The molecule has 1 unspecified atom stereocenters. The Morgan fingerprint density at radius 3 is 2.78 bits per heavy atom. The maximum absolute atomic E-state index is 12.6. The van der Waals surface area contributed by atoms with Crippen molar-refractivity contribution in [3.63, 3.8) is 0 Å². The van der Waals surface area contributed by atoms with Gasteiger partial charge in [-0.2, -0.15) is 4.39 Å². The smallest absolute Gasteiger partial charge is 0.253 e. The molecule has 0 aliphatic rings. The SMILES string of the molecule is CC(NC(=O)c1ccc(F)nc1)c1ccc(Cl)s1. The topological polar surface area (TPSA) is 42.0 Å². The monoisotopic (exact) mass is 284 g/mol. The zero-order valence-corrected chi connectivity index (χ0v) is 11.1. The minimum atomic E-state index is -0.607. The minimum absolute atomic E-state index is 0.153. The average Bonchev–Trinajstić information content (AvgIpc) is 2.76. The van der Waals surface area contributed by atoms with Gasteiger partial charge in [0.05, 0.1) is 15.9 Å². The van der Waals surface area contributed by atoms with Crippen molar-refractivity contribution in [1.29, 1.82) is 0 Å². The highest BCUT2D eigenvalue weighted by Gasteiger charge is 2.13. The van der Waals surface area contributed by atoms with Crippen molar-refractivity contribution in [2.75, 3.05) is 0 Å². The van der Waals surface area contributed by atoms with Gasteiger partial charge in [0.1, 0.15) is 0 Å². The largest absolute Gasteiger partial charge is 0.345 e. The summed E-state index contributed by atoms with van der Waals surface area (Å²) < 4.78 is 13.3. The van der Waals surface area contributed by atoms with Gasteiger partial charge < -0.3 is 5.32 Å². The van der Waals surface area contributed by atoms with Crippen molar-refractivity contribution in [3.8, 4) is 0 Å². The van der Waals surface area contributed by atoms with E-state index in [1.807, 2.05) is 13.0 Å². The zero-order chi connectivity index (χ0) is 13.1. The van der Waals surface area contributed by atoms with Gasteiger partial charge in [0.25, 0.3) is 5.91 Å². The second kappa shape index (κ2) is 5.46. The zero-order valence-electron chi connectivity index (χ0n) is 9.48. The second-order valence-electron chi connectivity index (χ2n) is 3.71. The van der Waals surface area contributed by atoms with Gasteiger partial charge in [-0.25, -0.2) is 4.98 Å². The quantitative estimate of drug-likeness (QED) is 0.878. The number of pyridine rings is 1. The fraction of sp³-hybridized carbons (Fsp3) is 0.167. The van der Waals surface area contributed by atoms with Crippen LogP contribution in [0.4, 0.5) is 4.39 Å². The van der Waals surface area contributed by atoms with Crippen molar-refractivity contribution in [1.82, 2.24) is 10.3 Å². The number of carbonyl (C=O) groups excluding carboxylic acids is 1. The Labute approximate surface area is 113 Å². The molecular formula is C12H10ClFN2OS. The number of hydrogen-bond acceptors (Lipinski definition) is 3. The van der Waals surface area contributed by atoms with Crippen LogP contribution in [0.15, 0.2) is 30.5 Å². The van der Waals surface area contributed by atoms with E-state index >= 15 is 0 Å². The van der Waals surface area contributed by atoms with Gasteiger partial charge >= 0.3 is 0 Å². The number of amides is 1. The summed E-state index contributed by atoms with van der Waals surface area (Å²) in [6.45, 7) is 1.86. The van der Waals surface area contributed by atoms with Crippen molar-refractivity contribution < 1.29 is 9.18 Å². The van der Waals surface area contributed by atoms with Gasteiger partial charge in [0.15, 0.2) is 0 Å². The average molecular weight is 285 g/mol. The molecule has 0 aromatic carbocycles. The van der Waals surface area contributed by atoms with Gasteiger partial charge in [-0.15, -0.1) is 11.3 Å². The molecule has 0 saturated heterocycles. The van der Waals surface area contributed by atoms with E-state index in [9.17, 15) is 9.18 Å². The first kappa shape index (κ1) is 13.0. The summed E-state index contributed by atoms with van der Waals surface area (Å²) in [7, 11) is 0. The van der Waals surface area contributed by atoms with E-state index in [4.69, 9.17) is 11.6 Å². The van der Waals surface area contributed by atoms with Crippen LogP contribution in [0.3, 0.4) is 0 Å². The number of nitrogens with one attached hydrogen (secondary N) is 1. The number of nitrogens with zero attached hydrogens (tertiary/aromatic N) is 1. The summed E-state index contributed by atoms with van der Waals surface area (Å²) in [6.07, 6.45) is 1.21. The molecule has 0 bridgehead atoms. The lowest BCUT2D eigenvalue weighted by Crippen LogP contribution is -2.26. The molecule has 0 spiro atoms. The Morgan fingerprint density at radius 1 is 1.44 bits per heavy atom. The maximum atomic E-state index is 12.6. The molecule has 0 radical (unpaired) electrons. The molecule has 3 nitrogen and oxygen atoms in total. The third-order valence-electron chi connectivity index (χ3n) is 2.36. The molecule has 18 heavy (non-hydrogen) atoms. The Balaban J connectivity index is 2.05. The molecule has 0 aliphatic heterocycles. The van der Waals surface area contributed by atoms with Crippen LogP contribution in [0.5, 0.6) is 0 Å². The third kappa shape index (κ3) is 3.05. The van der Waals surface area contributed by atoms with Crippen molar-refractivity contribution in [2.24, 2.45) is 0 Å². The van der Waals surface area contributed by atoms with Crippen LogP contribution in [-0.4, -0.2) is 10.9 Å². The van der Waals surface area contributed by atoms with Gasteiger partial charge in [-0.1, -0.05) is 11.6 Å². The minimum Gasteiger partial charge on any atom is -0.345 e. The summed E-state index contributed by atoms with van der Waals surface area (Å²) in [5.41, 5.74) is 0.325. The molecule has 1 amide bonds.